The van der Waals surface area contributed by atoms with Crippen LogP contribution >= 0.6 is 11.8 Å². The van der Waals surface area contributed by atoms with E-state index in [1.165, 1.54) is 0 Å². The first kappa shape index (κ1) is 12.6. The summed E-state index contributed by atoms with van der Waals surface area (Å²) in [7, 11) is 0. The molecule has 1 aromatic carbocycles. The van der Waals surface area contributed by atoms with Crippen molar-refractivity contribution in [3.63, 3.8) is 0 Å². The molecule has 3 nitrogen and oxygen atoms in total. The summed E-state index contributed by atoms with van der Waals surface area (Å²) in [5.74, 6) is -0.103. The average Bonchev–Trinajstić information content (AvgIpc) is 2.39. The largest absolute Gasteiger partial charge is 0.322 e. The van der Waals surface area contributed by atoms with Crippen molar-refractivity contribution in [3.8, 4) is 0 Å². The number of aromatic nitrogens is 1. The first-order valence-corrected chi connectivity index (χ1v) is 6.79. The fourth-order valence-corrected chi connectivity index (χ4v) is 1.98. The highest BCUT2D eigenvalue weighted by Crippen LogP contribution is 2.16. The van der Waals surface area contributed by atoms with Gasteiger partial charge in [-0.25, -0.2) is 0 Å². The molecule has 2 rings (SSSR count). The molecule has 2 aromatic rings. The lowest BCUT2D eigenvalue weighted by molar-refractivity contribution is 0.102. The summed E-state index contributed by atoms with van der Waals surface area (Å²) in [6, 6.07) is 11.2. The van der Waals surface area contributed by atoms with Crippen molar-refractivity contribution in [3.05, 3.63) is 53.9 Å². The third kappa shape index (κ3) is 3.11. The number of aryl methyl sites for hydroxylation is 1. The molecule has 0 radical (unpaired) electrons. The average molecular weight is 258 g/mol. The van der Waals surface area contributed by atoms with Crippen molar-refractivity contribution in [2.45, 2.75) is 11.8 Å². The van der Waals surface area contributed by atoms with E-state index in [9.17, 15) is 4.79 Å². The topological polar surface area (TPSA) is 42.0 Å². The monoisotopic (exact) mass is 258 g/mol. The van der Waals surface area contributed by atoms with E-state index in [2.05, 4.69) is 10.3 Å². The molecule has 0 atom stereocenters. The Morgan fingerprint density at radius 3 is 2.56 bits per heavy atom. The van der Waals surface area contributed by atoms with E-state index in [4.69, 9.17) is 0 Å². The van der Waals surface area contributed by atoms with E-state index < -0.39 is 0 Å². The minimum atomic E-state index is -0.103. The highest BCUT2D eigenvalue weighted by atomic mass is 32.2. The molecule has 0 fully saturated rings. The Bertz CT molecular complexity index is 552. The molecule has 1 amide bonds. The van der Waals surface area contributed by atoms with Gasteiger partial charge in [-0.2, -0.15) is 0 Å². The van der Waals surface area contributed by atoms with E-state index >= 15 is 0 Å². The number of carbonyl (C=O) groups excluding carboxylic acids is 1. The number of pyridine rings is 1. The highest BCUT2D eigenvalue weighted by Gasteiger charge is 2.05. The number of rotatable bonds is 3. The highest BCUT2D eigenvalue weighted by molar-refractivity contribution is 7.98. The zero-order chi connectivity index (χ0) is 13.0. The van der Waals surface area contributed by atoms with Gasteiger partial charge in [0, 0.05) is 28.0 Å². The molecule has 1 N–H and O–H groups in total. The number of amides is 1. The number of hydrogen-bond acceptors (Lipinski definition) is 3. The van der Waals surface area contributed by atoms with E-state index in [0.29, 0.717) is 5.56 Å². The molecule has 0 aliphatic rings. The number of anilines is 1. The molecular formula is C14H14N2OS. The molecule has 4 heteroatoms. The standard InChI is InChI=1S/C14H14N2OS/c1-10-9-12(7-8-15-10)16-14(17)11-3-5-13(18-2)6-4-11/h3-9H,1-2H3,(H,15,16,17). The van der Waals surface area contributed by atoms with Gasteiger partial charge in [0.25, 0.3) is 5.91 Å². The summed E-state index contributed by atoms with van der Waals surface area (Å²) in [6.45, 7) is 1.89. The Hall–Kier alpha value is -1.81. The second kappa shape index (κ2) is 5.69. The van der Waals surface area contributed by atoms with Crippen LogP contribution in [-0.2, 0) is 0 Å². The third-order valence-corrected chi connectivity index (χ3v) is 3.25. The zero-order valence-corrected chi connectivity index (χ0v) is 11.1. The van der Waals surface area contributed by atoms with Crippen LogP contribution in [0.1, 0.15) is 16.1 Å². The van der Waals surface area contributed by atoms with Gasteiger partial charge >= 0.3 is 0 Å². The van der Waals surface area contributed by atoms with Crippen LogP contribution in [0.3, 0.4) is 0 Å². The SMILES string of the molecule is CSc1ccc(C(=O)Nc2ccnc(C)c2)cc1. The number of nitrogens with zero attached hydrogens (tertiary/aromatic N) is 1. The van der Waals surface area contributed by atoms with Gasteiger partial charge in [-0.05, 0) is 49.6 Å². The van der Waals surface area contributed by atoms with Gasteiger partial charge in [-0.15, -0.1) is 11.8 Å². The molecule has 0 saturated carbocycles. The summed E-state index contributed by atoms with van der Waals surface area (Å²) in [5.41, 5.74) is 2.30. The van der Waals surface area contributed by atoms with Crippen molar-refractivity contribution in [1.29, 1.82) is 0 Å². The zero-order valence-electron chi connectivity index (χ0n) is 10.3. The predicted molar refractivity (Wildman–Crippen MR) is 75.2 cm³/mol. The maximum Gasteiger partial charge on any atom is 0.255 e. The van der Waals surface area contributed by atoms with Crippen molar-refractivity contribution < 1.29 is 4.79 Å². The first-order valence-electron chi connectivity index (χ1n) is 5.57. The number of hydrogen-bond donors (Lipinski definition) is 1. The van der Waals surface area contributed by atoms with Crippen LogP contribution in [0.25, 0.3) is 0 Å². The van der Waals surface area contributed by atoms with Crippen LogP contribution in [0.4, 0.5) is 5.69 Å². The van der Waals surface area contributed by atoms with E-state index in [1.54, 1.807) is 24.0 Å². The molecule has 0 aliphatic heterocycles. The molecule has 0 spiro atoms. The predicted octanol–water partition coefficient (Wildman–Crippen LogP) is 3.36. The molecule has 0 unspecified atom stereocenters. The molecule has 18 heavy (non-hydrogen) atoms. The van der Waals surface area contributed by atoms with Crippen LogP contribution in [0.2, 0.25) is 0 Å². The molecule has 0 aliphatic carbocycles. The second-order valence-electron chi connectivity index (χ2n) is 3.87. The summed E-state index contributed by atoms with van der Waals surface area (Å²) in [4.78, 5) is 17.2. The van der Waals surface area contributed by atoms with Gasteiger partial charge in [0.15, 0.2) is 0 Å². The number of carbonyl (C=O) groups is 1. The molecule has 1 heterocycles. The lowest BCUT2D eigenvalue weighted by Crippen LogP contribution is -2.11. The maximum atomic E-state index is 12.0. The van der Waals surface area contributed by atoms with Gasteiger partial charge in [0.1, 0.15) is 0 Å². The minimum Gasteiger partial charge on any atom is -0.322 e. The van der Waals surface area contributed by atoms with E-state index in [1.807, 2.05) is 43.5 Å². The number of nitrogens with one attached hydrogen (secondary N) is 1. The van der Waals surface area contributed by atoms with Gasteiger partial charge in [0.2, 0.25) is 0 Å². The summed E-state index contributed by atoms with van der Waals surface area (Å²) in [5, 5.41) is 2.85. The normalized spacial score (nSPS) is 10.1. The summed E-state index contributed by atoms with van der Waals surface area (Å²) in [6.07, 6.45) is 3.69. The van der Waals surface area contributed by atoms with Gasteiger partial charge in [-0.1, -0.05) is 0 Å². The smallest absolute Gasteiger partial charge is 0.255 e. The Morgan fingerprint density at radius 1 is 1.22 bits per heavy atom. The number of thioether (sulfide) groups is 1. The molecule has 92 valence electrons. The van der Waals surface area contributed by atoms with Gasteiger partial charge < -0.3 is 5.32 Å². The number of benzene rings is 1. The first-order chi connectivity index (χ1) is 8.69. The fourth-order valence-electron chi connectivity index (χ4n) is 1.57. The van der Waals surface area contributed by atoms with Crippen LogP contribution < -0.4 is 5.32 Å². The minimum absolute atomic E-state index is 0.103. The van der Waals surface area contributed by atoms with Crippen LogP contribution in [0.15, 0.2) is 47.5 Å². The quantitative estimate of drug-likeness (QED) is 0.858. The Labute approximate surface area is 111 Å². The third-order valence-electron chi connectivity index (χ3n) is 2.51. The summed E-state index contributed by atoms with van der Waals surface area (Å²) >= 11 is 1.66. The van der Waals surface area contributed by atoms with Crippen molar-refractivity contribution in [1.82, 2.24) is 4.98 Å². The van der Waals surface area contributed by atoms with Crippen molar-refractivity contribution in [2.75, 3.05) is 11.6 Å². The fraction of sp³-hybridized carbons (Fsp3) is 0.143. The van der Waals surface area contributed by atoms with Crippen LogP contribution in [0.5, 0.6) is 0 Å². The Morgan fingerprint density at radius 2 is 1.94 bits per heavy atom. The molecular weight excluding hydrogens is 244 g/mol. The van der Waals surface area contributed by atoms with Gasteiger partial charge in [-0.3, -0.25) is 9.78 Å². The van der Waals surface area contributed by atoms with Crippen LogP contribution in [0, 0.1) is 6.92 Å². The Kier molecular flexibility index (Phi) is 3.99. The lowest BCUT2D eigenvalue weighted by atomic mass is 10.2. The summed E-state index contributed by atoms with van der Waals surface area (Å²) < 4.78 is 0. The van der Waals surface area contributed by atoms with Crippen molar-refractivity contribution >= 4 is 23.4 Å². The van der Waals surface area contributed by atoms with Crippen molar-refractivity contribution in [2.24, 2.45) is 0 Å². The molecule has 0 saturated heterocycles. The molecule has 1 aromatic heterocycles. The van der Waals surface area contributed by atoms with Gasteiger partial charge in [0.05, 0.1) is 0 Å². The van der Waals surface area contributed by atoms with E-state index in [-0.39, 0.29) is 5.91 Å². The second-order valence-corrected chi connectivity index (χ2v) is 4.75. The maximum absolute atomic E-state index is 12.0. The molecule has 0 bridgehead atoms. The van der Waals surface area contributed by atoms with E-state index in [0.717, 1.165) is 16.3 Å². The van der Waals surface area contributed by atoms with Crippen LogP contribution in [-0.4, -0.2) is 17.1 Å². The lowest BCUT2D eigenvalue weighted by Gasteiger charge is -2.06. The Balaban J connectivity index is 2.11.